The summed E-state index contributed by atoms with van der Waals surface area (Å²) in [6, 6.07) is 12.3. The number of ether oxygens (including phenoxy) is 1. The fourth-order valence-corrected chi connectivity index (χ4v) is 1.74. The van der Waals surface area contributed by atoms with Gasteiger partial charge in [0.15, 0.2) is 0 Å². The van der Waals surface area contributed by atoms with Crippen LogP contribution in [0.4, 0.5) is 10.1 Å². The molecule has 0 saturated heterocycles. The van der Waals surface area contributed by atoms with Crippen LogP contribution in [0, 0.1) is 12.7 Å². The molecule has 0 aromatic heterocycles. The van der Waals surface area contributed by atoms with Crippen LogP contribution >= 0.6 is 0 Å². The zero-order valence-electron chi connectivity index (χ0n) is 10.3. The van der Waals surface area contributed by atoms with Crippen LogP contribution in [0.1, 0.15) is 11.1 Å². The highest BCUT2D eigenvalue weighted by molar-refractivity contribution is 5.39. The van der Waals surface area contributed by atoms with Gasteiger partial charge in [-0.15, -0.1) is 0 Å². The number of hydrogen-bond acceptors (Lipinski definition) is 2. The number of rotatable bonds is 4. The third-order valence-electron chi connectivity index (χ3n) is 2.77. The molecule has 0 atom stereocenters. The average molecular weight is 245 g/mol. The second-order valence-corrected chi connectivity index (χ2v) is 4.25. The average Bonchev–Trinajstić information content (AvgIpc) is 2.34. The van der Waals surface area contributed by atoms with Crippen molar-refractivity contribution in [1.29, 1.82) is 0 Å². The van der Waals surface area contributed by atoms with E-state index in [-0.39, 0.29) is 5.82 Å². The van der Waals surface area contributed by atoms with E-state index in [1.807, 2.05) is 31.2 Å². The molecule has 0 saturated carbocycles. The summed E-state index contributed by atoms with van der Waals surface area (Å²) < 4.78 is 18.5. The number of nitrogen functional groups attached to an aromatic ring is 1. The van der Waals surface area contributed by atoms with Crippen molar-refractivity contribution in [3.05, 3.63) is 59.4 Å². The summed E-state index contributed by atoms with van der Waals surface area (Å²) >= 11 is 0. The molecular weight excluding hydrogens is 229 g/mol. The van der Waals surface area contributed by atoms with E-state index in [1.165, 1.54) is 17.7 Å². The second-order valence-electron chi connectivity index (χ2n) is 4.25. The minimum atomic E-state index is -0.238. The summed E-state index contributed by atoms with van der Waals surface area (Å²) in [5.41, 5.74) is 8.35. The van der Waals surface area contributed by atoms with Crippen LogP contribution in [0.2, 0.25) is 0 Å². The molecule has 0 heterocycles. The molecule has 2 aromatic rings. The van der Waals surface area contributed by atoms with Crippen LogP contribution in [-0.2, 0) is 6.42 Å². The van der Waals surface area contributed by atoms with E-state index in [2.05, 4.69) is 0 Å². The molecular formula is C15H16FNO. The SMILES string of the molecule is Cc1cc(F)ccc1OCCc1ccc(N)cc1. The molecule has 2 nitrogen and oxygen atoms in total. The highest BCUT2D eigenvalue weighted by atomic mass is 19.1. The largest absolute Gasteiger partial charge is 0.493 e. The topological polar surface area (TPSA) is 35.2 Å². The van der Waals surface area contributed by atoms with Crippen LogP contribution in [0.5, 0.6) is 5.75 Å². The predicted molar refractivity (Wildman–Crippen MR) is 71.2 cm³/mol. The van der Waals surface area contributed by atoms with Gasteiger partial charge in [0.25, 0.3) is 0 Å². The number of halogens is 1. The van der Waals surface area contributed by atoms with Crippen molar-refractivity contribution in [2.45, 2.75) is 13.3 Å². The Morgan fingerprint density at radius 3 is 2.50 bits per heavy atom. The van der Waals surface area contributed by atoms with Gasteiger partial charge in [-0.25, -0.2) is 4.39 Å². The predicted octanol–water partition coefficient (Wildman–Crippen LogP) is 3.34. The van der Waals surface area contributed by atoms with Gasteiger partial charge in [0, 0.05) is 12.1 Å². The van der Waals surface area contributed by atoms with E-state index in [0.29, 0.717) is 6.61 Å². The van der Waals surface area contributed by atoms with Crippen molar-refractivity contribution < 1.29 is 9.13 Å². The number of benzene rings is 2. The zero-order chi connectivity index (χ0) is 13.0. The Hall–Kier alpha value is -2.03. The summed E-state index contributed by atoms with van der Waals surface area (Å²) in [4.78, 5) is 0. The molecule has 0 spiro atoms. The van der Waals surface area contributed by atoms with Gasteiger partial charge in [-0.2, -0.15) is 0 Å². The van der Waals surface area contributed by atoms with Gasteiger partial charge in [-0.1, -0.05) is 12.1 Å². The second kappa shape index (κ2) is 5.54. The summed E-state index contributed by atoms with van der Waals surface area (Å²) in [5.74, 6) is 0.491. The highest BCUT2D eigenvalue weighted by Gasteiger charge is 2.01. The van der Waals surface area contributed by atoms with E-state index in [1.54, 1.807) is 6.07 Å². The monoisotopic (exact) mass is 245 g/mol. The lowest BCUT2D eigenvalue weighted by molar-refractivity contribution is 0.319. The maximum absolute atomic E-state index is 12.9. The van der Waals surface area contributed by atoms with E-state index in [0.717, 1.165) is 23.4 Å². The summed E-state index contributed by atoms with van der Waals surface area (Å²) in [6.45, 7) is 2.40. The fourth-order valence-electron chi connectivity index (χ4n) is 1.74. The molecule has 0 bridgehead atoms. The van der Waals surface area contributed by atoms with Crippen molar-refractivity contribution in [3.8, 4) is 5.75 Å². The highest BCUT2D eigenvalue weighted by Crippen LogP contribution is 2.18. The van der Waals surface area contributed by atoms with Gasteiger partial charge in [0.1, 0.15) is 11.6 Å². The molecule has 0 aliphatic rings. The zero-order valence-corrected chi connectivity index (χ0v) is 10.3. The van der Waals surface area contributed by atoms with E-state index in [4.69, 9.17) is 10.5 Å². The summed E-state index contributed by atoms with van der Waals surface area (Å²) in [7, 11) is 0. The minimum absolute atomic E-state index is 0.238. The number of hydrogen-bond donors (Lipinski definition) is 1. The van der Waals surface area contributed by atoms with Gasteiger partial charge >= 0.3 is 0 Å². The molecule has 0 aliphatic carbocycles. The molecule has 2 N–H and O–H groups in total. The Labute approximate surface area is 106 Å². The summed E-state index contributed by atoms with van der Waals surface area (Å²) in [6.07, 6.45) is 0.803. The third-order valence-corrected chi connectivity index (χ3v) is 2.77. The fraction of sp³-hybridized carbons (Fsp3) is 0.200. The molecule has 94 valence electrons. The molecule has 2 aromatic carbocycles. The lowest BCUT2D eigenvalue weighted by Crippen LogP contribution is -2.02. The van der Waals surface area contributed by atoms with Crippen LogP contribution in [0.15, 0.2) is 42.5 Å². The molecule has 0 fully saturated rings. The first kappa shape index (κ1) is 12.4. The first-order chi connectivity index (χ1) is 8.65. The number of aryl methyl sites for hydroxylation is 1. The third kappa shape index (κ3) is 3.23. The van der Waals surface area contributed by atoms with Gasteiger partial charge in [-0.05, 0) is 48.4 Å². The molecule has 3 heteroatoms. The Kier molecular flexibility index (Phi) is 3.82. The van der Waals surface area contributed by atoms with Gasteiger partial charge in [-0.3, -0.25) is 0 Å². The van der Waals surface area contributed by atoms with Crippen LogP contribution < -0.4 is 10.5 Å². The first-order valence-corrected chi connectivity index (χ1v) is 5.88. The van der Waals surface area contributed by atoms with Crippen LogP contribution in [0.25, 0.3) is 0 Å². The maximum atomic E-state index is 12.9. The Morgan fingerprint density at radius 1 is 1.11 bits per heavy atom. The van der Waals surface area contributed by atoms with E-state index >= 15 is 0 Å². The molecule has 2 rings (SSSR count). The van der Waals surface area contributed by atoms with Crippen molar-refractivity contribution in [1.82, 2.24) is 0 Å². The van der Waals surface area contributed by atoms with Gasteiger partial charge < -0.3 is 10.5 Å². The lowest BCUT2D eigenvalue weighted by atomic mass is 10.1. The van der Waals surface area contributed by atoms with Crippen molar-refractivity contribution >= 4 is 5.69 Å². The van der Waals surface area contributed by atoms with Gasteiger partial charge in [0.05, 0.1) is 6.61 Å². The normalized spacial score (nSPS) is 10.3. The van der Waals surface area contributed by atoms with E-state index < -0.39 is 0 Å². The number of nitrogens with two attached hydrogens (primary N) is 1. The van der Waals surface area contributed by atoms with E-state index in [9.17, 15) is 4.39 Å². The van der Waals surface area contributed by atoms with Crippen molar-refractivity contribution in [2.75, 3.05) is 12.3 Å². The molecule has 18 heavy (non-hydrogen) atoms. The first-order valence-electron chi connectivity index (χ1n) is 5.88. The Morgan fingerprint density at radius 2 is 1.83 bits per heavy atom. The molecule has 0 unspecified atom stereocenters. The molecule has 0 radical (unpaired) electrons. The number of anilines is 1. The Balaban J connectivity index is 1.90. The smallest absolute Gasteiger partial charge is 0.123 e. The minimum Gasteiger partial charge on any atom is -0.493 e. The molecule has 0 amide bonds. The lowest BCUT2D eigenvalue weighted by Gasteiger charge is -2.09. The maximum Gasteiger partial charge on any atom is 0.123 e. The Bertz CT molecular complexity index is 523. The van der Waals surface area contributed by atoms with Crippen LogP contribution in [0.3, 0.4) is 0 Å². The van der Waals surface area contributed by atoms with Crippen LogP contribution in [-0.4, -0.2) is 6.61 Å². The standard InChI is InChI=1S/C15H16FNO/c1-11-10-13(16)4-7-15(11)18-9-8-12-2-5-14(17)6-3-12/h2-7,10H,8-9,17H2,1H3. The quantitative estimate of drug-likeness (QED) is 0.838. The molecule has 0 aliphatic heterocycles. The van der Waals surface area contributed by atoms with Gasteiger partial charge in [0.2, 0.25) is 0 Å². The van der Waals surface area contributed by atoms with Crippen molar-refractivity contribution in [2.24, 2.45) is 0 Å². The summed E-state index contributed by atoms with van der Waals surface area (Å²) in [5, 5.41) is 0. The van der Waals surface area contributed by atoms with Crippen molar-refractivity contribution in [3.63, 3.8) is 0 Å².